The highest BCUT2D eigenvalue weighted by Gasteiger charge is 2.11. The van der Waals surface area contributed by atoms with Crippen LogP contribution in [0.4, 0.5) is 5.13 Å². The fraction of sp³-hybridized carbons (Fsp3) is 0.0909. The summed E-state index contributed by atoms with van der Waals surface area (Å²) in [6, 6.07) is 9.75. The number of nitrogen functional groups attached to an aromatic ring is 1. The van der Waals surface area contributed by atoms with Crippen LogP contribution in [-0.2, 0) is 6.54 Å². The van der Waals surface area contributed by atoms with Crippen molar-refractivity contribution < 1.29 is 0 Å². The molecule has 0 aliphatic heterocycles. The summed E-state index contributed by atoms with van der Waals surface area (Å²) < 4.78 is 0. The van der Waals surface area contributed by atoms with Crippen molar-refractivity contribution in [1.29, 1.82) is 5.26 Å². The summed E-state index contributed by atoms with van der Waals surface area (Å²) in [4.78, 5) is 4.69. The van der Waals surface area contributed by atoms with E-state index in [1.54, 1.807) is 0 Å². The zero-order valence-electron chi connectivity index (χ0n) is 8.47. The Morgan fingerprint density at radius 2 is 2.25 bits per heavy atom. The second-order valence-corrected chi connectivity index (χ2v) is 4.28. The molecule has 0 unspecified atom stereocenters. The monoisotopic (exact) mass is 230 g/mol. The average Bonchev–Trinajstić information content (AvgIpc) is 2.70. The van der Waals surface area contributed by atoms with Crippen LogP contribution >= 0.6 is 11.3 Å². The van der Waals surface area contributed by atoms with E-state index in [9.17, 15) is 0 Å². The van der Waals surface area contributed by atoms with E-state index in [-0.39, 0.29) is 0 Å². The molecule has 0 aliphatic rings. The number of anilines is 1. The topological polar surface area (TPSA) is 88.7 Å². The Kier molecular flexibility index (Phi) is 2.86. The molecule has 1 aromatic heterocycles. The second-order valence-electron chi connectivity index (χ2n) is 3.25. The van der Waals surface area contributed by atoms with Crippen molar-refractivity contribution in [2.24, 2.45) is 5.73 Å². The molecule has 4 N–H and O–H groups in total. The molecule has 80 valence electrons. The highest BCUT2D eigenvalue weighted by atomic mass is 32.1. The minimum absolute atomic E-state index is 0.407. The number of hydrogen-bond donors (Lipinski definition) is 2. The van der Waals surface area contributed by atoms with Crippen molar-refractivity contribution in [3.63, 3.8) is 0 Å². The molecule has 0 bridgehead atoms. The van der Waals surface area contributed by atoms with Crippen LogP contribution in [0, 0.1) is 11.3 Å². The standard InChI is InChI=1S/C11H10N4S/c12-5-7-2-1-3-8(4-7)10-9(6-13)16-11(14)15-10/h1-4H,5,12H2,(H2,14,15). The fourth-order valence-corrected chi connectivity index (χ4v) is 2.11. The van der Waals surface area contributed by atoms with E-state index in [1.807, 2.05) is 24.3 Å². The maximum atomic E-state index is 8.96. The van der Waals surface area contributed by atoms with Crippen molar-refractivity contribution in [2.75, 3.05) is 5.73 Å². The van der Waals surface area contributed by atoms with Crippen LogP contribution in [0.2, 0.25) is 0 Å². The molecule has 0 saturated carbocycles. The predicted octanol–water partition coefficient (Wildman–Crippen LogP) is 1.72. The van der Waals surface area contributed by atoms with Crippen molar-refractivity contribution in [2.45, 2.75) is 6.54 Å². The zero-order chi connectivity index (χ0) is 11.5. The summed E-state index contributed by atoms with van der Waals surface area (Å²) in [7, 11) is 0. The molecule has 5 heteroatoms. The lowest BCUT2D eigenvalue weighted by Gasteiger charge is -2.00. The Bertz CT molecular complexity index is 553. The van der Waals surface area contributed by atoms with Crippen LogP contribution in [0.1, 0.15) is 10.4 Å². The van der Waals surface area contributed by atoms with Gasteiger partial charge in [-0.3, -0.25) is 0 Å². The molecule has 4 nitrogen and oxygen atoms in total. The van der Waals surface area contributed by atoms with Gasteiger partial charge in [-0.15, -0.1) is 0 Å². The van der Waals surface area contributed by atoms with Crippen LogP contribution in [-0.4, -0.2) is 4.98 Å². The van der Waals surface area contributed by atoms with Gasteiger partial charge in [0.1, 0.15) is 16.6 Å². The highest BCUT2D eigenvalue weighted by Crippen LogP contribution is 2.29. The van der Waals surface area contributed by atoms with E-state index < -0.39 is 0 Å². The van der Waals surface area contributed by atoms with Gasteiger partial charge in [0.05, 0.1) is 0 Å². The van der Waals surface area contributed by atoms with E-state index in [1.165, 1.54) is 11.3 Å². The summed E-state index contributed by atoms with van der Waals surface area (Å²) in [6.45, 7) is 0.468. The first kappa shape index (κ1) is 10.6. The fourth-order valence-electron chi connectivity index (χ4n) is 1.45. The Labute approximate surface area is 97.2 Å². The Hall–Kier alpha value is -1.90. The first-order valence-corrected chi connectivity index (χ1v) is 5.52. The number of thiazole rings is 1. The van der Waals surface area contributed by atoms with E-state index in [2.05, 4.69) is 11.1 Å². The molecule has 1 heterocycles. The summed E-state index contributed by atoms with van der Waals surface area (Å²) in [5.41, 5.74) is 13.7. The van der Waals surface area contributed by atoms with Gasteiger partial charge in [0.2, 0.25) is 0 Å². The Morgan fingerprint density at radius 3 is 2.94 bits per heavy atom. The normalized spacial score (nSPS) is 10.0. The molecule has 0 fully saturated rings. The van der Waals surface area contributed by atoms with Gasteiger partial charge in [0, 0.05) is 12.1 Å². The van der Waals surface area contributed by atoms with Crippen LogP contribution in [0.15, 0.2) is 24.3 Å². The predicted molar refractivity (Wildman–Crippen MR) is 64.6 cm³/mol. The number of nitrogens with two attached hydrogens (primary N) is 2. The number of nitrogens with zero attached hydrogens (tertiary/aromatic N) is 2. The van der Waals surface area contributed by atoms with Crippen molar-refractivity contribution >= 4 is 16.5 Å². The van der Waals surface area contributed by atoms with Gasteiger partial charge < -0.3 is 11.5 Å². The molecule has 1 aromatic carbocycles. The molecule has 0 amide bonds. The smallest absolute Gasteiger partial charge is 0.181 e. The average molecular weight is 230 g/mol. The molecule has 0 atom stereocenters. The van der Waals surface area contributed by atoms with Crippen LogP contribution in [0.5, 0.6) is 0 Å². The summed E-state index contributed by atoms with van der Waals surface area (Å²) in [5, 5.41) is 9.37. The minimum atomic E-state index is 0.407. The Balaban J connectivity index is 2.54. The van der Waals surface area contributed by atoms with Crippen LogP contribution < -0.4 is 11.5 Å². The molecule has 0 aliphatic carbocycles. The molecule has 0 spiro atoms. The number of rotatable bonds is 2. The molecule has 2 aromatic rings. The van der Waals surface area contributed by atoms with Crippen LogP contribution in [0.25, 0.3) is 11.3 Å². The molecular formula is C11H10N4S. The number of aromatic nitrogens is 1. The quantitative estimate of drug-likeness (QED) is 0.822. The second kappa shape index (κ2) is 4.31. The summed E-state index contributed by atoms with van der Waals surface area (Å²) in [6.07, 6.45) is 0. The lowest BCUT2D eigenvalue weighted by atomic mass is 10.1. The first-order valence-electron chi connectivity index (χ1n) is 4.70. The SMILES string of the molecule is N#Cc1sc(N)nc1-c1cccc(CN)c1. The molecular weight excluding hydrogens is 220 g/mol. The van der Waals surface area contributed by atoms with Crippen molar-refractivity contribution in [3.8, 4) is 17.3 Å². The summed E-state index contributed by atoms with van der Waals surface area (Å²) in [5.74, 6) is 0. The van der Waals surface area contributed by atoms with Gasteiger partial charge in [-0.1, -0.05) is 29.5 Å². The number of benzene rings is 1. The summed E-state index contributed by atoms with van der Waals surface area (Å²) >= 11 is 1.20. The molecule has 16 heavy (non-hydrogen) atoms. The van der Waals surface area contributed by atoms with Gasteiger partial charge >= 0.3 is 0 Å². The Morgan fingerprint density at radius 1 is 1.44 bits per heavy atom. The largest absolute Gasteiger partial charge is 0.375 e. The molecule has 2 rings (SSSR count). The van der Waals surface area contributed by atoms with Gasteiger partial charge in [-0.25, -0.2) is 4.98 Å². The first-order chi connectivity index (χ1) is 7.74. The number of nitriles is 1. The lowest BCUT2D eigenvalue weighted by molar-refractivity contribution is 1.07. The third kappa shape index (κ3) is 1.89. The van der Waals surface area contributed by atoms with Gasteiger partial charge in [-0.2, -0.15) is 5.26 Å². The maximum absolute atomic E-state index is 8.96. The zero-order valence-corrected chi connectivity index (χ0v) is 9.29. The van der Waals surface area contributed by atoms with E-state index in [0.717, 1.165) is 11.1 Å². The molecule has 0 radical (unpaired) electrons. The maximum Gasteiger partial charge on any atom is 0.181 e. The van der Waals surface area contributed by atoms with Gasteiger partial charge in [0.15, 0.2) is 5.13 Å². The third-order valence-electron chi connectivity index (χ3n) is 2.18. The van der Waals surface area contributed by atoms with Crippen molar-refractivity contribution in [1.82, 2.24) is 4.98 Å². The minimum Gasteiger partial charge on any atom is -0.375 e. The van der Waals surface area contributed by atoms with Crippen LogP contribution in [0.3, 0.4) is 0 Å². The van der Waals surface area contributed by atoms with Crippen molar-refractivity contribution in [3.05, 3.63) is 34.7 Å². The number of hydrogen-bond acceptors (Lipinski definition) is 5. The van der Waals surface area contributed by atoms with Gasteiger partial charge in [-0.05, 0) is 11.6 Å². The third-order valence-corrected chi connectivity index (χ3v) is 2.97. The van der Waals surface area contributed by atoms with E-state index >= 15 is 0 Å². The highest BCUT2D eigenvalue weighted by molar-refractivity contribution is 7.16. The van der Waals surface area contributed by atoms with E-state index in [4.69, 9.17) is 16.7 Å². The van der Waals surface area contributed by atoms with E-state index in [0.29, 0.717) is 22.2 Å². The van der Waals surface area contributed by atoms with Gasteiger partial charge in [0.25, 0.3) is 0 Å². The lowest BCUT2D eigenvalue weighted by Crippen LogP contribution is -1.96. The molecule has 0 saturated heterocycles.